The maximum absolute atomic E-state index is 14.8. The number of benzene rings is 3. The Bertz CT molecular complexity index is 4620. The zero-order valence-electron chi connectivity index (χ0n) is 50.4. The molecule has 38 heteroatoms. The van der Waals surface area contributed by atoms with Gasteiger partial charge in [0, 0.05) is 56.4 Å². The molecule has 24 nitrogen and oxygen atoms in total. The van der Waals surface area contributed by atoms with Crippen LogP contribution in [0.3, 0.4) is 0 Å². The predicted molar refractivity (Wildman–Crippen MR) is 329 cm³/mol. The van der Waals surface area contributed by atoms with E-state index in [1.165, 1.54) is 73.1 Å². The van der Waals surface area contributed by atoms with E-state index in [4.69, 9.17) is 77.0 Å². The molecular formula is C61H45Cl5F9N15O9. The van der Waals surface area contributed by atoms with E-state index in [-0.39, 0.29) is 125 Å². The Morgan fingerprint density at radius 3 is 1.41 bits per heavy atom. The van der Waals surface area contributed by atoms with Crippen LogP contribution in [0.2, 0.25) is 25.1 Å². The molecule has 3 aromatic carbocycles. The zero-order chi connectivity index (χ0) is 69.9. The minimum atomic E-state index is -4.72. The third-order valence-electron chi connectivity index (χ3n) is 16.7. The fourth-order valence-electron chi connectivity index (χ4n) is 12.4. The molecule has 516 valence electrons. The number of carbonyl (C=O) groups excluding carboxylic acids is 3. The van der Waals surface area contributed by atoms with Crippen LogP contribution in [-0.4, -0.2) is 170 Å². The number of amides is 3. The molecule has 6 aromatic heterocycles. The molecule has 99 heavy (non-hydrogen) atoms. The first-order chi connectivity index (χ1) is 47.5. The molecule has 15 rings (SSSR count). The first kappa shape index (κ1) is 68.6. The number of alkyl halides is 7. The summed E-state index contributed by atoms with van der Waals surface area (Å²) in [4.78, 5) is 57.3. The number of morpholine rings is 3. The summed E-state index contributed by atoms with van der Waals surface area (Å²) in [6.07, 6.45) is -0.661. The molecule has 0 spiro atoms. The number of hydrogen-bond acceptors (Lipinski definition) is 18. The molecular weight excluding hydrogens is 1440 g/mol. The van der Waals surface area contributed by atoms with Gasteiger partial charge in [0.05, 0.1) is 112 Å². The summed E-state index contributed by atoms with van der Waals surface area (Å²) in [5.41, 5.74) is -0.474. The molecule has 6 atom stereocenters. The van der Waals surface area contributed by atoms with Gasteiger partial charge in [0.15, 0.2) is 46.5 Å². The highest BCUT2D eigenvalue weighted by atomic mass is 35.5. The van der Waals surface area contributed by atoms with E-state index in [1.807, 2.05) is 0 Å². The second kappa shape index (κ2) is 28.0. The number of pyridine rings is 3. The Balaban J connectivity index is 0.000000134. The van der Waals surface area contributed by atoms with Crippen molar-refractivity contribution in [3.05, 3.63) is 174 Å². The highest BCUT2D eigenvalue weighted by molar-refractivity contribution is 6.44. The standard InChI is InChI=1S/C21H15ClF5N5O3.C20H14Cl2F3N5O3.C20H16Cl2FN5O3/c22-16-12(2-1-3-13(16)21(25,26)27)19(33)32-10-7-31-17(29-30-18(31)15(32)9-34-8-10)14-6-11(4-5-28-14)35-20(23)24;21-15-11(1-2-12(23)16(15)22)19(31)30-9-6-29-17(27-28-18(29)14(30)8-32-7-9)13-5-10(3-4-26-13)33-20(24)25;1-30-14-5-6-24-17(16(14)23)19-26-25-18-13-9-31-8-10(7-27(18)19)28(13)20(29)11-3-2-4-12(21)15(11)22/h1-6,10,15,20H,7-9H2;1-5,9,14,20H,6-8H2;2-6,10,13H,7-9H2,1H3/t10-,15-;9-,14-;10-,13-/m111/s1. The maximum Gasteiger partial charge on any atom is 0.417 e. The SMILES string of the molecule is COc1ccnc(-c2nnc3n2C[C@@H]2COC[C@H]3N2C(=O)c2cccc(Cl)c2Cl)c1F.O=C(c1ccc(F)c(Cl)c1Cl)N1[C@H]2COC[C@@H]1c1nnc(-c3cc(OC(F)F)ccn3)n1C2.O=C(c1cccc(C(F)(F)F)c1Cl)N1[C@H]2COC[C@@H]1c1nnc(-c3cc(OC(F)F)ccn3)n1C2. The Labute approximate surface area is 576 Å². The second-order valence-corrected chi connectivity index (χ2v) is 24.3. The third kappa shape index (κ3) is 13.1. The monoisotopic (exact) mass is 1480 g/mol. The van der Waals surface area contributed by atoms with Gasteiger partial charge in [-0.15, -0.1) is 30.6 Å². The molecule has 3 saturated heterocycles. The number of rotatable bonds is 11. The Morgan fingerprint density at radius 2 is 0.949 bits per heavy atom. The smallest absolute Gasteiger partial charge is 0.417 e. The van der Waals surface area contributed by atoms with E-state index in [9.17, 15) is 53.9 Å². The van der Waals surface area contributed by atoms with E-state index in [1.54, 1.807) is 41.7 Å². The minimum absolute atomic E-state index is 0.0267. The topological polar surface area (TPSA) is 247 Å². The van der Waals surface area contributed by atoms with Crippen molar-refractivity contribution in [1.29, 1.82) is 0 Å². The van der Waals surface area contributed by atoms with Gasteiger partial charge >= 0.3 is 19.4 Å². The molecule has 0 N–H and O–H groups in total. The van der Waals surface area contributed by atoms with Crippen LogP contribution >= 0.6 is 58.0 Å². The summed E-state index contributed by atoms with van der Waals surface area (Å²) in [5, 5.41) is 24.4. The lowest BCUT2D eigenvalue weighted by Gasteiger charge is -2.45. The normalized spacial score (nSPS) is 19.6. The van der Waals surface area contributed by atoms with Crippen molar-refractivity contribution < 1.29 is 82.3 Å². The van der Waals surface area contributed by atoms with Gasteiger partial charge in [-0.25, -0.2) is 13.8 Å². The zero-order valence-corrected chi connectivity index (χ0v) is 54.2. The van der Waals surface area contributed by atoms with Gasteiger partial charge in [-0.05, 0) is 48.5 Å². The lowest BCUT2D eigenvalue weighted by atomic mass is 10.0. The molecule has 0 saturated carbocycles. The number of ether oxygens (including phenoxy) is 6. The van der Waals surface area contributed by atoms with Crippen LogP contribution in [0.15, 0.2) is 97.5 Å². The maximum atomic E-state index is 14.8. The van der Waals surface area contributed by atoms with Gasteiger partial charge < -0.3 is 56.8 Å². The van der Waals surface area contributed by atoms with Gasteiger partial charge in [-0.3, -0.25) is 24.4 Å². The number of hydrogen-bond donors (Lipinski definition) is 0. The van der Waals surface area contributed by atoms with E-state index in [0.717, 1.165) is 18.2 Å². The van der Waals surface area contributed by atoms with E-state index in [2.05, 4.69) is 55.0 Å². The Hall–Kier alpha value is -8.96. The molecule has 3 amide bonds. The van der Waals surface area contributed by atoms with Crippen LogP contribution in [0.1, 0.15) is 72.2 Å². The molecule has 6 aliphatic rings. The number of halogens is 14. The number of aromatic nitrogens is 12. The van der Waals surface area contributed by atoms with Gasteiger partial charge in [-0.1, -0.05) is 70.1 Å². The van der Waals surface area contributed by atoms with Crippen molar-refractivity contribution in [3.63, 3.8) is 0 Å². The fraction of sp³-hybridized carbons (Fsp3) is 0.311. The van der Waals surface area contributed by atoms with Crippen LogP contribution in [0.4, 0.5) is 39.5 Å². The van der Waals surface area contributed by atoms with E-state index < -0.39 is 83.6 Å². The highest BCUT2D eigenvalue weighted by Crippen LogP contribution is 2.44. The average molecular weight is 1480 g/mol. The molecule has 3 fully saturated rings. The van der Waals surface area contributed by atoms with Crippen LogP contribution in [-0.2, 0) is 40.0 Å². The number of nitrogens with zero attached hydrogens (tertiary/aromatic N) is 15. The van der Waals surface area contributed by atoms with Crippen molar-refractivity contribution in [2.24, 2.45) is 0 Å². The van der Waals surface area contributed by atoms with Crippen LogP contribution in [0.25, 0.3) is 34.6 Å². The first-order valence-electron chi connectivity index (χ1n) is 29.5. The van der Waals surface area contributed by atoms with Crippen LogP contribution < -0.4 is 14.2 Å². The number of fused-ring (bicyclic) bond motifs is 12. The summed E-state index contributed by atoms with van der Waals surface area (Å²) < 4.78 is 155. The molecule has 0 radical (unpaired) electrons. The molecule has 0 aliphatic carbocycles. The predicted octanol–water partition coefficient (Wildman–Crippen LogP) is 11.6. The Kier molecular flexibility index (Phi) is 19.4. The lowest BCUT2D eigenvalue weighted by molar-refractivity contribution is -0.137. The average Bonchev–Trinajstić information content (AvgIpc) is 1.71. The van der Waals surface area contributed by atoms with Crippen LogP contribution in [0, 0.1) is 11.6 Å². The summed E-state index contributed by atoms with van der Waals surface area (Å²) >= 11 is 30.4. The number of methoxy groups -OCH3 is 1. The summed E-state index contributed by atoms with van der Waals surface area (Å²) in [6.45, 7) is -4.23. The quantitative estimate of drug-likeness (QED) is 0.0862. The molecule has 9 aromatic rings. The van der Waals surface area contributed by atoms with Crippen molar-refractivity contribution >= 4 is 75.7 Å². The molecule has 6 aliphatic heterocycles. The Morgan fingerprint density at radius 1 is 0.515 bits per heavy atom. The van der Waals surface area contributed by atoms with Gasteiger partial charge in [0.2, 0.25) is 0 Å². The van der Waals surface area contributed by atoms with Crippen molar-refractivity contribution in [2.75, 3.05) is 46.8 Å². The fourth-order valence-corrected chi connectivity index (χ4v) is 13.5. The van der Waals surface area contributed by atoms with Gasteiger partial charge in [0.25, 0.3) is 17.7 Å². The molecule has 12 heterocycles. The number of carbonyl (C=O) groups is 3. The first-order valence-corrected chi connectivity index (χ1v) is 31.3. The summed E-state index contributed by atoms with van der Waals surface area (Å²) in [7, 11) is 1.38. The third-order valence-corrected chi connectivity index (χ3v) is 18.8. The minimum Gasteiger partial charge on any atom is -0.494 e. The lowest BCUT2D eigenvalue weighted by Crippen LogP contribution is -2.56. The van der Waals surface area contributed by atoms with Crippen molar-refractivity contribution in [2.45, 2.75) is 75.3 Å². The highest BCUT2D eigenvalue weighted by Gasteiger charge is 2.48. The van der Waals surface area contributed by atoms with Crippen LogP contribution in [0.5, 0.6) is 17.2 Å². The largest absolute Gasteiger partial charge is 0.494 e. The van der Waals surface area contributed by atoms with E-state index in [0.29, 0.717) is 52.7 Å². The van der Waals surface area contributed by atoms with Gasteiger partial charge in [-0.2, -0.15) is 30.7 Å². The van der Waals surface area contributed by atoms with Crippen molar-refractivity contribution in [3.8, 4) is 51.8 Å². The molecule has 6 bridgehead atoms. The summed E-state index contributed by atoms with van der Waals surface area (Å²) in [6, 6.07) is 13.9. The summed E-state index contributed by atoms with van der Waals surface area (Å²) in [5.74, 6) is -0.751. The second-order valence-electron chi connectivity index (χ2n) is 22.4. The van der Waals surface area contributed by atoms with Gasteiger partial charge in [0.1, 0.15) is 52.5 Å². The van der Waals surface area contributed by atoms with E-state index >= 15 is 0 Å². The van der Waals surface area contributed by atoms with Crippen molar-refractivity contribution in [1.82, 2.24) is 73.9 Å². The molecule has 0 unspecified atom stereocenters.